The Balaban J connectivity index is 2.18. The summed E-state index contributed by atoms with van der Waals surface area (Å²) in [5, 5.41) is 14.0. The lowest BCUT2D eigenvalue weighted by Gasteiger charge is -2.23. The van der Waals surface area contributed by atoms with E-state index in [0.717, 1.165) is 5.56 Å². The van der Waals surface area contributed by atoms with Crippen molar-refractivity contribution in [3.63, 3.8) is 0 Å². The molecule has 0 aliphatic carbocycles. The summed E-state index contributed by atoms with van der Waals surface area (Å²) in [7, 11) is 0. The predicted octanol–water partition coefficient (Wildman–Crippen LogP) is 2.58. The molecule has 1 amide bonds. The fourth-order valence-corrected chi connectivity index (χ4v) is 2.91. The Morgan fingerprint density at radius 1 is 1.00 bits per heavy atom. The molecule has 2 rings (SSSR count). The lowest BCUT2D eigenvalue weighted by molar-refractivity contribution is -0.306. The molecule has 0 bridgehead atoms. The van der Waals surface area contributed by atoms with Crippen LogP contribution in [-0.2, 0) is 9.59 Å². The molecule has 0 saturated heterocycles. The van der Waals surface area contributed by atoms with E-state index in [1.807, 2.05) is 44.2 Å². The van der Waals surface area contributed by atoms with Crippen LogP contribution < -0.4 is 15.2 Å². The SMILES string of the molecule is CCOc1ccc([C@H](CC(=O)[O-])NC(=O)[C@H](CC)c2ccccc2)cc1. The molecule has 0 unspecified atom stereocenters. The van der Waals surface area contributed by atoms with Crippen LogP contribution in [-0.4, -0.2) is 18.5 Å². The molecular weight excluding hydrogens is 330 g/mol. The van der Waals surface area contributed by atoms with Crippen LogP contribution in [0.15, 0.2) is 54.6 Å². The van der Waals surface area contributed by atoms with Crippen molar-refractivity contribution in [1.29, 1.82) is 0 Å². The summed E-state index contributed by atoms with van der Waals surface area (Å²) in [4.78, 5) is 23.9. The quantitative estimate of drug-likeness (QED) is 0.751. The predicted molar refractivity (Wildman–Crippen MR) is 97.6 cm³/mol. The van der Waals surface area contributed by atoms with E-state index >= 15 is 0 Å². The first kappa shape index (κ1) is 19.5. The maximum absolute atomic E-state index is 12.8. The van der Waals surface area contributed by atoms with Gasteiger partial charge in [0.05, 0.1) is 18.6 Å². The number of ether oxygens (including phenoxy) is 1. The number of carbonyl (C=O) groups is 2. The minimum atomic E-state index is -1.21. The summed E-state index contributed by atoms with van der Waals surface area (Å²) < 4.78 is 5.40. The second kappa shape index (κ2) is 9.61. The zero-order valence-corrected chi connectivity index (χ0v) is 15.1. The van der Waals surface area contributed by atoms with Crippen molar-refractivity contribution in [3.8, 4) is 5.75 Å². The largest absolute Gasteiger partial charge is 0.550 e. The van der Waals surface area contributed by atoms with Gasteiger partial charge in [-0.1, -0.05) is 49.4 Å². The molecular formula is C21H24NO4-. The van der Waals surface area contributed by atoms with Gasteiger partial charge in [0.2, 0.25) is 5.91 Å². The van der Waals surface area contributed by atoms with E-state index in [1.165, 1.54) is 0 Å². The Bertz CT molecular complexity index is 713. The average Bonchev–Trinajstić information content (AvgIpc) is 2.63. The highest BCUT2D eigenvalue weighted by atomic mass is 16.5. The summed E-state index contributed by atoms with van der Waals surface area (Å²) in [5.41, 5.74) is 1.61. The number of amides is 1. The minimum absolute atomic E-state index is 0.196. The number of hydrogen-bond acceptors (Lipinski definition) is 4. The first-order valence-electron chi connectivity index (χ1n) is 8.83. The number of rotatable bonds is 9. The van der Waals surface area contributed by atoms with Gasteiger partial charge in [-0.05, 0) is 36.6 Å². The normalized spacial score (nSPS) is 12.8. The monoisotopic (exact) mass is 354 g/mol. The molecule has 0 spiro atoms. The Kier molecular flexibility index (Phi) is 7.21. The third-order valence-electron chi connectivity index (χ3n) is 4.21. The molecule has 2 aromatic rings. The Morgan fingerprint density at radius 3 is 2.19 bits per heavy atom. The van der Waals surface area contributed by atoms with Crippen molar-refractivity contribution >= 4 is 11.9 Å². The molecule has 0 aliphatic rings. The van der Waals surface area contributed by atoms with Gasteiger partial charge in [-0.2, -0.15) is 0 Å². The van der Waals surface area contributed by atoms with E-state index < -0.39 is 12.0 Å². The van der Waals surface area contributed by atoms with E-state index in [9.17, 15) is 14.7 Å². The summed E-state index contributed by atoms with van der Waals surface area (Å²) in [6.07, 6.45) is 0.335. The highest BCUT2D eigenvalue weighted by Crippen LogP contribution is 2.24. The molecule has 26 heavy (non-hydrogen) atoms. The van der Waals surface area contributed by atoms with Crippen LogP contribution in [0.1, 0.15) is 49.8 Å². The third kappa shape index (κ3) is 5.34. The summed E-state index contributed by atoms with van der Waals surface area (Å²) in [6.45, 7) is 4.37. The van der Waals surface area contributed by atoms with E-state index in [0.29, 0.717) is 24.3 Å². The van der Waals surface area contributed by atoms with Crippen LogP contribution in [0, 0.1) is 0 Å². The van der Waals surface area contributed by atoms with E-state index in [2.05, 4.69) is 5.32 Å². The highest BCUT2D eigenvalue weighted by Gasteiger charge is 2.22. The van der Waals surface area contributed by atoms with Gasteiger partial charge in [0.25, 0.3) is 0 Å². The fourth-order valence-electron chi connectivity index (χ4n) is 2.91. The maximum Gasteiger partial charge on any atom is 0.228 e. The first-order chi connectivity index (χ1) is 12.5. The molecule has 2 aromatic carbocycles. The van der Waals surface area contributed by atoms with Crippen LogP contribution in [0.4, 0.5) is 0 Å². The third-order valence-corrected chi connectivity index (χ3v) is 4.21. The zero-order chi connectivity index (χ0) is 18.9. The summed E-state index contributed by atoms with van der Waals surface area (Å²) >= 11 is 0. The van der Waals surface area contributed by atoms with Crippen LogP contribution >= 0.6 is 0 Å². The number of carboxylic acid groups (broad SMARTS) is 1. The molecule has 0 fully saturated rings. The number of aliphatic carboxylic acids is 1. The Labute approximate surface area is 154 Å². The molecule has 0 aromatic heterocycles. The van der Waals surface area contributed by atoms with Gasteiger partial charge in [-0.3, -0.25) is 4.79 Å². The Morgan fingerprint density at radius 2 is 1.65 bits per heavy atom. The van der Waals surface area contributed by atoms with Crippen LogP contribution in [0.3, 0.4) is 0 Å². The average molecular weight is 354 g/mol. The van der Waals surface area contributed by atoms with Crippen molar-refractivity contribution in [1.82, 2.24) is 5.32 Å². The minimum Gasteiger partial charge on any atom is -0.550 e. The van der Waals surface area contributed by atoms with Gasteiger partial charge in [0, 0.05) is 12.4 Å². The molecule has 0 saturated carbocycles. The molecule has 2 atom stereocenters. The highest BCUT2D eigenvalue weighted by molar-refractivity contribution is 5.84. The van der Waals surface area contributed by atoms with Gasteiger partial charge in [0.15, 0.2) is 0 Å². The van der Waals surface area contributed by atoms with Crippen molar-refractivity contribution in [2.24, 2.45) is 0 Å². The van der Waals surface area contributed by atoms with Crippen molar-refractivity contribution in [3.05, 3.63) is 65.7 Å². The van der Waals surface area contributed by atoms with Crippen LogP contribution in [0.25, 0.3) is 0 Å². The van der Waals surface area contributed by atoms with Gasteiger partial charge in [0.1, 0.15) is 5.75 Å². The van der Waals surface area contributed by atoms with Gasteiger partial charge in [-0.15, -0.1) is 0 Å². The molecule has 5 nitrogen and oxygen atoms in total. The molecule has 0 aliphatic heterocycles. The standard InChI is InChI=1S/C21H25NO4/c1-3-18(15-8-6-5-7-9-15)21(25)22-19(14-20(23)24)16-10-12-17(13-11-16)26-4-2/h5-13,18-19H,3-4,14H2,1-2H3,(H,22,25)(H,23,24)/p-1/t18-,19+/m1/s1. The van der Waals surface area contributed by atoms with Crippen LogP contribution in [0.2, 0.25) is 0 Å². The van der Waals surface area contributed by atoms with Crippen LogP contribution in [0.5, 0.6) is 5.75 Å². The van der Waals surface area contributed by atoms with Crippen molar-refractivity contribution in [2.45, 2.75) is 38.6 Å². The molecule has 5 heteroatoms. The maximum atomic E-state index is 12.8. The van der Waals surface area contributed by atoms with E-state index in [4.69, 9.17) is 4.74 Å². The number of carboxylic acids is 1. The second-order valence-electron chi connectivity index (χ2n) is 6.01. The fraction of sp³-hybridized carbons (Fsp3) is 0.333. The number of benzene rings is 2. The summed E-state index contributed by atoms with van der Waals surface area (Å²) in [5.74, 6) is -1.04. The first-order valence-corrected chi connectivity index (χ1v) is 8.83. The lowest BCUT2D eigenvalue weighted by atomic mass is 9.94. The smallest absolute Gasteiger partial charge is 0.228 e. The molecule has 0 heterocycles. The lowest BCUT2D eigenvalue weighted by Crippen LogP contribution is -2.36. The number of nitrogens with one attached hydrogen (secondary N) is 1. The number of carbonyl (C=O) groups excluding carboxylic acids is 2. The van der Waals surface area contributed by atoms with E-state index in [1.54, 1.807) is 24.3 Å². The van der Waals surface area contributed by atoms with Crippen molar-refractivity contribution < 1.29 is 19.4 Å². The van der Waals surface area contributed by atoms with Gasteiger partial charge in [-0.25, -0.2) is 0 Å². The Hall–Kier alpha value is -2.82. The van der Waals surface area contributed by atoms with Crippen molar-refractivity contribution in [2.75, 3.05) is 6.61 Å². The zero-order valence-electron chi connectivity index (χ0n) is 15.1. The molecule has 1 N–H and O–H groups in total. The van der Waals surface area contributed by atoms with Gasteiger partial charge >= 0.3 is 0 Å². The molecule has 0 radical (unpaired) electrons. The second-order valence-corrected chi connectivity index (χ2v) is 6.01. The summed E-state index contributed by atoms with van der Waals surface area (Å²) in [6, 6.07) is 15.9. The van der Waals surface area contributed by atoms with Gasteiger partial charge < -0.3 is 20.0 Å². The molecule has 138 valence electrons. The number of hydrogen-bond donors (Lipinski definition) is 1. The van der Waals surface area contributed by atoms with E-state index in [-0.39, 0.29) is 18.2 Å². The topological polar surface area (TPSA) is 78.5 Å².